The van der Waals surface area contributed by atoms with Gasteiger partial charge in [0, 0.05) is 31.9 Å². The molecule has 0 aliphatic carbocycles. The fraction of sp³-hybridized carbons (Fsp3) is 0.348. The van der Waals surface area contributed by atoms with E-state index in [9.17, 15) is 14.0 Å². The number of amides is 2. The molecule has 2 aliphatic heterocycles. The van der Waals surface area contributed by atoms with Gasteiger partial charge in [0.15, 0.2) is 0 Å². The number of imidazole rings is 1. The lowest BCUT2D eigenvalue weighted by atomic mass is 10.1. The summed E-state index contributed by atoms with van der Waals surface area (Å²) in [6.45, 7) is 4.24. The van der Waals surface area contributed by atoms with E-state index >= 15 is 0 Å². The van der Waals surface area contributed by atoms with Crippen molar-refractivity contribution in [3.05, 3.63) is 54.3 Å². The topological polar surface area (TPSA) is 79.7 Å². The largest absolute Gasteiger partial charge is 0.379 e. The minimum Gasteiger partial charge on any atom is -0.379 e. The van der Waals surface area contributed by atoms with E-state index < -0.39 is 11.9 Å². The van der Waals surface area contributed by atoms with Crippen molar-refractivity contribution in [2.75, 3.05) is 49.6 Å². The Balaban J connectivity index is 1.38. The van der Waals surface area contributed by atoms with Gasteiger partial charge in [-0.15, -0.1) is 0 Å². The summed E-state index contributed by atoms with van der Waals surface area (Å²) in [5.74, 6) is -0.376. The molecule has 1 aromatic heterocycles. The van der Waals surface area contributed by atoms with Crippen LogP contribution < -0.4 is 10.2 Å². The van der Waals surface area contributed by atoms with Gasteiger partial charge in [0.1, 0.15) is 11.9 Å². The third-order valence-corrected chi connectivity index (χ3v) is 5.91. The van der Waals surface area contributed by atoms with Gasteiger partial charge in [0.25, 0.3) is 5.91 Å². The van der Waals surface area contributed by atoms with Crippen LogP contribution in [0.5, 0.6) is 0 Å². The molecule has 0 saturated carbocycles. The summed E-state index contributed by atoms with van der Waals surface area (Å²) >= 11 is 0. The summed E-state index contributed by atoms with van der Waals surface area (Å²) in [4.78, 5) is 34.7. The number of anilines is 2. The van der Waals surface area contributed by atoms with E-state index in [1.165, 1.54) is 18.2 Å². The van der Waals surface area contributed by atoms with Crippen LogP contribution in [-0.2, 0) is 14.3 Å². The molecule has 3 aromatic rings. The number of nitrogens with zero attached hydrogens (tertiary/aromatic N) is 4. The molecule has 5 rings (SSSR count). The molecule has 2 amide bonds. The molecule has 1 fully saturated rings. The van der Waals surface area contributed by atoms with Crippen LogP contribution in [0, 0.1) is 5.82 Å². The molecule has 8 nitrogen and oxygen atoms in total. The van der Waals surface area contributed by atoms with E-state index in [1.54, 1.807) is 11.0 Å². The highest BCUT2D eigenvalue weighted by Gasteiger charge is 2.40. The summed E-state index contributed by atoms with van der Waals surface area (Å²) < 4.78 is 20.7. The van der Waals surface area contributed by atoms with E-state index in [2.05, 4.69) is 15.2 Å². The van der Waals surface area contributed by atoms with E-state index in [0.717, 1.165) is 24.1 Å². The fourth-order valence-electron chi connectivity index (χ4n) is 4.33. The highest BCUT2D eigenvalue weighted by atomic mass is 19.1. The minimum atomic E-state index is -0.698. The molecular weight excluding hydrogens is 413 g/mol. The number of carbonyl (C=O) groups excluding carboxylic acids is 2. The van der Waals surface area contributed by atoms with Crippen LogP contribution >= 0.6 is 0 Å². The molecule has 9 heteroatoms. The molecule has 3 heterocycles. The molecule has 1 N–H and O–H groups in total. The zero-order chi connectivity index (χ0) is 22.1. The SMILES string of the molecule is O=C(C[C@@H]1C(=O)N(CCN2CCOCC2)c2nc3ccccc3n21)Nc1cccc(F)c1. The van der Waals surface area contributed by atoms with Gasteiger partial charge in [-0.25, -0.2) is 9.37 Å². The number of hydrogen-bond donors (Lipinski definition) is 1. The monoisotopic (exact) mass is 437 g/mol. The summed E-state index contributed by atoms with van der Waals surface area (Å²) in [7, 11) is 0. The number of morpholine rings is 1. The molecule has 2 aliphatic rings. The second-order valence-corrected chi connectivity index (χ2v) is 7.99. The maximum absolute atomic E-state index is 13.5. The Bertz CT molecular complexity index is 1160. The Kier molecular flexibility index (Phi) is 5.59. The first kappa shape index (κ1) is 20.6. The van der Waals surface area contributed by atoms with Crippen molar-refractivity contribution in [1.82, 2.24) is 14.5 Å². The minimum absolute atomic E-state index is 0.0588. The zero-order valence-corrected chi connectivity index (χ0v) is 17.5. The normalized spacial score (nSPS) is 18.8. The highest BCUT2D eigenvalue weighted by molar-refractivity contribution is 6.05. The average Bonchev–Trinajstić information content (AvgIpc) is 3.28. The van der Waals surface area contributed by atoms with E-state index in [-0.39, 0.29) is 18.2 Å². The molecule has 2 aromatic carbocycles. The molecule has 0 spiro atoms. The predicted octanol–water partition coefficient (Wildman–Crippen LogP) is 2.42. The van der Waals surface area contributed by atoms with Crippen LogP contribution in [0.2, 0.25) is 0 Å². The van der Waals surface area contributed by atoms with Crippen LogP contribution in [0.1, 0.15) is 12.5 Å². The smallest absolute Gasteiger partial charge is 0.253 e. The molecule has 32 heavy (non-hydrogen) atoms. The molecule has 0 bridgehead atoms. The second-order valence-electron chi connectivity index (χ2n) is 7.99. The maximum atomic E-state index is 13.5. The summed E-state index contributed by atoms with van der Waals surface area (Å²) in [6, 6.07) is 12.6. The Morgan fingerprint density at radius 3 is 2.75 bits per heavy atom. The standard InChI is InChI=1S/C23H24FN5O3/c24-16-4-3-5-17(14-16)25-21(30)15-20-22(31)28(9-8-27-10-12-32-13-11-27)23-26-18-6-1-2-7-19(18)29(20)23/h1-7,14,20H,8-13,15H2,(H,25,30)/t20-/m1/s1. The van der Waals surface area contributed by atoms with Crippen LogP contribution in [0.25, 0.3) is 11.0 Å². The second kappa shape index (κ2) is 8.68. The number of rotatable bonds is 6. The fourth-order valence-corrected chi connectivity index (χ4v) is 4.33. The summed E-state index contributed by atoms with van der Waals surface area (Å²) in [5, 5.41) is 2.69. The maximum Gasteiger partial charge on any atom is 0.253 e. The van der Waals surface area contributed by atoms with Crippen molar-refractivity contribution >= 4 is 34.5 Å². The number of nitrogens with one attached hydrogen (secondary N) is 1. The summed E-state index contributed by atoms with van der Waals surface area (Å²) in [6.07, 6.45) is -0.0588. The third kappa shape index (κ3) is 3.96. The van der Waals surface area contributed by atoms with Crippen LogP contribution in [0.15, 0.2) is 48.5 Å². The van der Waals surface area contributed by atoms with Crippen molar-refractivity contribution in [3.63, 3.8) is 0 Å². The van der Waals surface area contributed by atoms with E-state index in [0.29, 0.717) is 37.9 Å². The lowest BCUT2D eigenvalue weighted by molar-refractivity contribution is -0.124. The first-order valence-corrected chi connectivity index (χ1v) is 10.7. The number of carbonyl (C=O) groups is 2. The molecule has 166 valence electrons. The number of hydrogen-bond acceptors (Lipinski definition) is 5. The predicted molar refractivity (Wildman–Crippen MR) is 118 cm³/mol. The molecule has 0 radical (unpaired) electrons. The molecule has 1 saturated heterocycles. The average molecular weight is 437 g/mol. The number of benzene rings is 2. The summed E-state index contributed by atoms with van der Waals surface area (Å²) in [5.41, 5.74) is 1.95. The first-order valence-electron chi connectivity index (χ1n) is 10.7. The zero-order valence-electron chi connectivity index (χ0n) is 17.5. The molecule has 1 atom stereocenters. The lowest BCUT2D eigenvalue weighted by Gasteiger charge is -2.28. The van der Waals surface area contributed by atoms with Gasteiger partial charge in [0.2, 0.25) is 11.9 Å². The van der Waals surface area contributed by atoms with Gasteiger partial charge in [-0.3, -0.25) is 24.0 Å². The van der Waals surface area contributed by atoms with Crippen molar-refractivity contribution in [3.8, 4) is 0 Å². The number of para-hydroxylation sites is 2. The lowest BCUT2D eigenvalue weighted by Crippen LogP contribution is -2.42. The van der Waals surface area contributed by atoms with Crippen molar-refractivity contribution in [2.24, 2.45) is 0 Å². The highest BCUT2D eigenvalue weighted by Crippen LogP contribution is 2.36. The third-order valence-electron chi connectivity index (χ3n) is 5.91. The van der Waals surface area contributed by atoms with Crippen molar-refractivity contribution < 1.29 is 18.7 Å². The van der Waals surface area contributed by atoms with Crippen LogP contribution in [0.3, 0.4) is 0 Å². The van der Waals surface area contributed by atoms with Gasteiger partial charge in [0.05, 0.1) is 30.7 Å². The van der Waals surface area contributed by atoms with E-state index in [1.807, 2.05) is 28.8 Å². The van der Waals surface area contributed by atoms with Crippen LogP contribution in [0.4, 0.5) is 16.0 Å². The van der Waals surface area contributed by atoms with E-state index in [4.69, 9.17) is 4.74 Å². The molecule has 0 unspecified atom stereocenters. The number of halogens is 1. The van der Waals surface area contributed by atoms with Gasteiger partial charge < -0.3 is 10.1 Å². The van der Waals surface area contributed by atoms with Crippen molar-refractivity contribution in [1.29, 1.82) is 0 Å². The van der Waals surface area contributed by atoms with Gasteiger partial charge in [-0.1, -0.05) is 18.2 Å². The van der Waals surface area contributed by atoms with Gasteiger partial charge in [-0.05, 0) is 30.3 Å². The number of ether oxygens (including phenoxy) is 1. The number of fused-ring (bicyclic) bond motifs is 3. The number of aromatic nitrogens is 2. The molecular formula is C23H24FN5O3. The Morgan fingerprint density at radius 2 is 1.94 bits per heavy atom. The Labute approximate surface area is 184 Å². The Hall–Kier alpha value is -3.30. The van der Waals surface area contributed by atoms with Gasteiger partial charge >= 0.3 is 0 Å². The quantitative estimate of drug-likeness (QED) is 0.641. The van der Waals surface area contributed by atoms with Crippen molar-refractivity contribution in [2.45, 2.75) is 12.5 Å². The van der Waals surface area contributed by atoms with Gasteiger partial charge in [-0.2, -0.15) is 0 Å². The Morgan fingerprint density at radius 1 is 1.12 bits per heavy atom. The first-order chi connectivity index (χ1) is 15.6. The van der Waals surface area contributed by atoms with Crippen LogP contribution in [-0.4, -0.2) is 65.7 Å².